The first-order valence-corrected chi connectivity index (χ1v) is 9.37. The molecule has 6 heteroatoms. The third kappa shape index (κ3) is 4.61. The number of nitrogens with zero attached hydrogens (tertiary/aromatic N) is 1. The molecule has 0 aliphatic heterocycles. The third-order valence-corrected chi connectivity index (χ3v) is 5.16. The zero-order chi connectivity index (χ0) is 17.6. The van der Waals surface area contributed by atoms with Crippen LogP contribution in [0.3, 0.4) is 0 Å². The number of amides is 1. The Morgan fingerprint density at radius 2 is 1.84 bits per heavy atom. The highest BCUT2D eigenvalue weighted by Crippen LogP contribution is 2.24. The van der Waals surface area contributed by atoms with Gasteiger partial charge in [-0.15, -0.1) is 11.3 Å². The Hall–Kier alpha value is -2.31. The number of hydrogen-bond acceptors (Lipinski definition) is 4. The highest BCUT2D eigenvalue weighted by molar-refractivity contribution is 9.10. The molecule has 3 aromatic rings. The second-order valence-electron chi connectivity index (χ2n) is 5.41. The molecule has 0 atom stereocenters. The fourth-order valence-electron chi connectivity index (χ4n) is 2.34. The fourth-order valence-corrected chi connectivity index (χ4v) is 3.51. The summed E-state index contributed by atoms with van der Waals surface area (Å²) in [5, 5.41) is 7.10. The first-order chi connectivity index (χ1) is 12.1. The van der Waals surface area contributed by atoms with Gasteiger partial charge in [-0.1, -0.05) is 46.3 Å². The summed E-state index contributed by atoms with van der Waals surface area (Å²) in [6.45, 7) is 0. The van der Waals surface area contributed by atoms with Gasteiger partial charge in [0, 0.05) is 43.9 Å². The van der Waals surface area contributed by atoms with Crippen molar-refractivity contribution in [2.75, 3.05) is 0 Å². The average molecular weight is 415 g/mol. The molecule has 0 aliphatic carbocycles. The molecule has 0 bridgehead atoms. The molecule has 0 spiro atoms. The van der Waals surface area contributed by atoms with Gasteiger partial charge in [0.1, 0.15) is 0 Å². The van der Waals surface area contributed by atoms with Crippen molar-refractivity contribution in [1.29, 1.82) is 0 Å². The summed E-state index contributed by atoms with van der Waals surface area (Å²) >= 11 is 4.96. The smallest absolute Gasteiger partial charge is 0.240 e. The normalized spacial score (nSPS) is 11.1. The number of benzene rings is 2. The van der Waals surface area contributed by atoms with Gasteiger partial charge >= 0.3 is 0 Å². The van der Waals surface area contributed by atoms with Crippen LogP contribution >= 0.6 is 27.3 Å². The van der Waals surface area contributed by atoms with Crippen molar-refractivity contribution in [3.8, 4) is 0 Å². The number of nitrogens with one attached hydrogen (secondary N) is 1. The number of rotatable bonds is 6. The molecule has 0 aliphatic rings. The molecule has 126 valence electrons. The molecule has 0 saturated heterocycles. The van der Waals surface area contributed by atoms with Crippen LogP contribution in [0.5, 0.6) is 0 Å². The van der Waals surface area contributed by atoms with E-state index in [-0.39, 0.29) is 24.5 Å². The van der Waals surface area contributed by atoms with Crippen molar-refractivity contribution < 1.29 is 9.59 Å². The molecule has 25 heavy (non-hydrogen) atoms. The zero-order valence-electron chi connectivity index (χ0n) is 13.2. The summed E-state index contributed by atoms with van der Waals surface area (Å²) in [4.78, 5) is 23.9. The van der Waals surface area contributed by atoms with E-state index in [0.29, 0.717) is 5.56 Å². The van der Waals surface area contributed by atoms with Gasteiger partial charge < -0.3 is 0 Å². The van der Waals surface area contributed by atoms with Crippen molar-refractivity contribution in [3.63, 3.8) is 0 Å². The van der Waals surface area contributed by atoms with E-state index in [2.05, 4.69) is 26.5 Å². The minimum Gasteiger partial charge on any atom is -0.294 e. The van der Waals surface area contributed by atoms with Crippen LogP contribution in [0.4, 0.5) is 0 Å². The third-order valence-electron chi connectivity index (χ3n) is 3.65. The number of carbonyl (C=O) groups is 2. The quantitative estimate of drug-likeness (QED) is 0.358. The van der Waals surface area contributed by atoms with E-state index in [1.54, 1.807) is 29.7 Å². The summed E-state index contributed by atoms with van der Waals surface area (Å²) in [7, 11) is 0. The predicted molar refractivity (Wildman–Crippen MR) is 105 cm³/mol. The second-order valence-corrected chi connectivity index (χ2v) is 7.24. The minimum atomic E-state index is -0.277. The summed E-state index contributed by atoms with van der Waals surface area (Å²) in [6.07, 6.45) is 1.90. The molecule has 0 unspecified atom stereocenters. The van der Waals surface area contributed by atoms with Crippen LogP contribution in [0.15, 0.2) is 63.5 Å². The van der Waals surface area contributed by atoms with Crippen molar-refractivity contribution in [3.05, 3.63) is 69.5 Å². The number of thiophene rings is 1. The zero-order valence-corrected chi connectivity index (χ0v) is 15.6. The van der Waals surface area contributed by atoms with E-state index in [0.717, 1.165) is 15.4 Å². The van der Waals surface area contributed by atoms with Gasteiger partial charge in [0.2, 0.25) is 5.91 Å². The topological polar surface area (TPSA) is 58.5 Å². The van der Waals surface area contributed by atoms with Gasteiger partial charge in [0.25, 0.3) is 0 Å². The molecule has 0 radical (unpaired) electrons. The first kappa shape index (κ1) is 17.5. The van der Waals surface area contributed by atoms with E-state index in [4.69, 9.17) is 0 Å². The fraction of sp³-hybridized carbons (Fsp3) is 0.105. The Kier molecular flexibility index (Phi) is 5.73. The molecule has 2 aromatic carbocycles. The maximum atomic E-state index is 12.0. The lowest BCUT2D eigenvalue weighted by molar-refractivity contribution is -0.121. The molecular formula is C19H15BrN2O2S. The lowest BCUT2D eigenvalue weighted by Gasteiger charge is -2.01. The van der Waals surface area contributed by atoms with Crippen LogP contribution in [0, 0.1) is 0 Å². The molecule has 3 rings (SSSR count). The number of hydrazone groups is 1. The van der Waals surface area contributed by atoms with Crippen LogP contribution in [0.2, 0.25) is 0 Å². The van der Waals surface area contributed by atoms with Crippen molar-refractivity contribution in [1.82, 2.24) is 5.43 Å². The number of carbonyl (C=O) groups excluding carboxylic acids is 2. The Bertz CT molecular complexity index is 932. The SMILES string of the molecule is O=C(CCC(=O)c1ccc(Br)cc1)N/N=C/c1csc2ccccc12. The van der Waals surface area contributed by atoms with Gasteiger partial charge in [0.05, 0.1) is 6.21 Å². The Balaban J connectivity index is 1.51. The number of Topliss-reactive ketones (excluding diaryl/α,β-unsaturated/α-hetero) is 1. The van der Waals surface area contributed by atoms with Gasteiger partial charge in [0.15, 0.2) is 5.78 Å². The van der Waals surface area contributed by atoms with Crippen molar-refractivity contribution in [2.45, 2.75) is 12.8 Å². The van der Waals surface area contributed by atoms with E-state index in [1.807, 2.05) is 41.8 Å². The van der Waals surface area contributed by atoms with Crippen LogP contribution in [-0.2, 0) is 4.79 Å². The van der Waals surface area contributed by atoms with Crippen LogP contribution in [-0.4, -0.2) is 17.9 Å². The lowest BCUT2D eigenvalue weighted by atomic mass is 10.1. The van der Waals surface area contributed by atoms with Crippen LogP contribution in [0.25, 0.3) is 10.1 Å². The molecule has 0 fully saturated rings. The maximum absolute atomic E-state index is 12.0. The van der Waals surface area contributed by atoms with Gasteiger partial charge in [-0.2, -0.15) is 5.10 Å². The molecule has 1 heterocycles. The second kappa shape index (κ2) is 8.18. The van der Waals surface area contributed by atoms with Crippen LogP contribution in [0.1, 0.15) is 28.8 Å². The summed E-state index contributed by atoms with van der Waals surface area (Å²) < 4.78 is 2.09. The molecular weight excluding hydrogens is 400 g/mol. The Morgan fingerprint density at radius 3 is 2.64 bits per heavy atom. The predicted octanol–water partition coefficient (Wildman–Crippen LogP) is 4.78. The molecule has 0 saturated carbocycles. The summed E-state index contributed by atoms with van der Waals surface area (Å²) in [5.74, 6) is -0.336. The molecule has 1 amide bonds. The molecule has 4 nitrogen and oxygen atoms in total. The average Bonchev–Trinajstić information content (AvgIpc) is 3.04. The molecule has 1 N–H and O–H groups in total. The number of fused-ring (bicyclic) bond motifs is 1. The lowest BCUT2D eigenvalue weighted by Crippen LogP contribution is -2.18. The van der Waals surface area contributed by atoms with E-state index >= 15 is 0 Å². The largest absolute Gasteiger partial charge is 0.294 e. The summed E-state index contributed by atoms with van der Waals surface area (Å²) in [6, 6.07) is 15.1. The maximum Gasteiger partial charge on any atom is 0.240 e. The standard InChI is InChI=1S/C19H15BrN2O2S/c20-15-7-5-13(6-8-15)17(23)9-10-19(24)22-21-11-14-12-25-18-4-2-1-3-16(14)18/h1-8,11-12H,9-10H2,(H,22,24)/b21-11+. The monoisotopic (exact) mass is 414 g/mol. The van der Waals surface area contributed by atoms with Gasteiger partial charge in [-0.3, -0.25) is 9.59 Å². The van der Waals surface area contributed by atoms with Crippen LogP contribution < -0.4 is 5.43 Å². The van der Waals surface area contributed by atoms with Crippen molar-refractivity contribution >= 4 is 55.3 Å². The highest BCUT2D eigenvalue weighted by Gasteiger charge is 2.09. The highest BCUT2D eigenvalue weighted by atomic mass is 79.9. The molecule has 1 aromatic heterocycles. The first-order valence-electron chi connectivity index (χ1n) is 7.70. The Morgan fingerprint density at radius 1 is 1.08 bits per heavy atom. The van der Waals surface area contributed by atoms with Gasteiger partial charge in [-0.25, -0.2) is 5.43 Å². The Labute approximate surface area is 157 Å². The van der Waals surface area contributed by atoms with E-state index in [1.165, 1.54) is 4.70 Å². The van der Waals surface area contributed by atoms with E-state index in [9.17, 15) is 9.59 Å². The minimum absolute atomic E-state index is 0.0598. The summed E-state index contributed by atoms with van der Waals surface area (Å²) in [5.41, 5.74) is 4.04. The van der Waals surface area contributed by atoms with Crippen molar-refractivity contribution in [2.24, 2.45) is 5.10 Å². The number of hydrogen-bond donors (Lipinski definition) is 1. The van der Waals surface area contributed by atoms with Gasteiger partial charge in [-0.05, 0) is 18.2 Å². The number of halogens is 1. The van der Waals surface area contributed by atoms with E-state index < -0.39 is 0 Å². The number of ketones is 1.